The fourth-order valence-corrected chi connectivity index (χ4v) is 6.31. The lowest BCUT2D eigenvalue weighted by Gasteiger charge is -2.11. The summed E-state index contributed by atoms with van der Waals surface area (Å²) in [6, 6.07) is 56.7. The first-order chi connectivity index (χ1) is 22.8. The van der Waals surface area contributed by atoms with E-state index >= 15 is 0 Å². The van der Waals surface area contributed by atoms with Crippen molar-refractivity contribution < 1.29 is 0 Å². The maximum absolute atomic E-state index is 5.16. The van der Waals surface area contributed by atoms with Gasteiger partial charge in [0, 0.05) is 17.2 Å². The summed E-state index contributed by atoms with van der Waals surface area (Å²) in [4.78, 5) is 15.3. The minimum atomic E-state index is 0.670. The van der Waals surface area contributed by atoms with Crippen LogP contribution in [0.25, 0.3) is 78.6 Å². The largest absolute Gasteiger partial charge is 0.276 e. The van der Waals surface area contributed by atoms with E-state index in [0.29, 0.717) is 5.82 Å². The molecule has 216 valence electrons. The standard InChI is InChI=1S/C41H27N5/c1-4-12-28(13-5-1)29-20-22-30(23-21-29)33-24-25-37-38(26-33)45-36-19-11-10-18-34(36)43-41(45)46(37)39-27-35(31-14-6-2-7-15-31)42-40(44-39)32-16-8-3-9-17-32/h1-27H. The Morgan fingerprint density at radius 3 is 1.65 bits per heavy atom. The highest BCUT2D eigenvalue weighted by atomic mass is 15.2. The van der Waals surface area contributed by atoms with Crippen LogP contribution in [-0.4, -0.2) is 23.9 Å². The van der Waals surface area contributed by atoms with Gasteiger partial charge in [-0.2, -0.15) is 0 Å². The predicted molar refractivity (Wildman–Crippen MR) is 187 cm³/mol. The molecule has 3 aromatic heterocycles. The number of nitrogens with zero attached hydrogens (tertiary/aromatic N) is 5. The zero-order valence-electron chi connectivity index (χ0n) is 24.8. The highest BCUT2D eigenvalue weighted by Crippen LogP contribution is 2.34. The van der Waals surface area contributed by atoms with Gasteiger partial charge in [-0.15, -0.1) is 0 Å². The van der Waals surface area contributed by atoms with Crippen molar-refractivity contribution in [1.29, 1.82) is 0 Å². The van der Waals surface area contributed by atoms with Crippen molar-refractivity contribution in [3.05, 3.63) is 164 Å². The second-order valence-electron chi connectivity index (χ2n) is 11.4. The number of fused-ring (bicyclic) bond motifs is 5. The average Bonchev–Trinajstić information content (AvgIpc) is 3.67. The van der Waals surface area contributed by atoms with E-state index < -0.39 is 0 Å². The van der Waals surface area contributed by atoms with Gasteiger partial charge in [0.2, 0.25) is 5.78 Å². The molecule has 0 spiro atoms. The van der Waals surface area contributed by atoms with Crippen molar-refractivity contribution in [2.75, 3.05) is 0 Å². The molecule has 5 heteroatoms. The third-order valence-electron chi connectivity index (χ3n) is 8.57. The zero-order valence-corrected chi connectivity index (χ0v) is 24.8. The van der Waals surface area contributed by atoms with Gasteiger partial charge >= 0.3 is 0 Å². The second kappa shape index (κ2) is 10.7. The molecule has 9 rings (SSSR count). The van der Waals surface area contributed by atoms with Crippen molar-refractivity contribution in [2.45, 2.75) is 0 Å². The van der Waals surface area contributed by atoms with E-state index in [-0.39, 0.29) is 0 Å². The Bertz CT molecular complexity index is 2440. The number of hydrogen-bond acceptors (Lipinski definition) is 3. The Morgan fingerprint density at radius 2 is 0.935 bits per heavy atom. The molecular formula is C41H27N5. The highest BCUT2D eigenvalue weighted by Gasteiger charge is 2.20. The van der Waals surface area contributed by atoms with Crippen LogP contribution in [0.4, 0.5) is 0 Å². The molecule has 0 aliphatic heterocycles. The van der Waals surface area contributed by atoms with Gasteiger partial charge in [0.05, 0.1) is 27.8 Å². The second-order valence-corrected chi connectivity index (χ2v) is 11.4. The van der Waals surface area contributed by atoms with Crippen LogP contribution in [0.1, 0.15) is 0 Å². The molecule has 0 radical (unpaired) electrons. The molecule has 0 saturated heterocycles. The molecule has 0 unspecified atom stereocenters. The summed E-state index contributed by atoms with van der Waals surface area (Å²) in [6.07, 6.45) is 0. The monoisotopic (exact) mass is 589 g/mol. The van der Waals surface area contributed by atoms with E-state index in [4.69, 9.17) is 15.0 Å². The molecule has 6 aromatic carbocycles. The van der Waals surface area contributed by atoms with E-state index in [2.05, 4.69) is 124 Å². The number of aromatic nitrogens is 5. The van der Waals surface area contributed by atoms with Crippen molar-refractivity contribution >= 4 is 27.8 Å². The first kappa shape index (κ1) is 26.1. The number of benzene rings is 6. The summed E-state index contributed by atoms with van der Waals surface area (Å²) in [5, 5.41) is 0. The van der Waals surface area contributed by atoms with Gasteiger partial charge in [-0.3, -0.25) is 8.97 Å². The predicted octanol–water partition coefficient (Wildman–Crippen LogP) is 9.89. The van der Waals surface area contributed by atoms with E-state index in [0.717, 1.165) is 61.6 Å². The van der Waals surface area contributed by atoms with Crippen LogP contribution < -0.4 is 0 Å². The molecule has 5 nitrogen and oxygen atoms in total. The summed E-state index contributed by atoms with van der Waals surface area (Å²) >= 11 is 0. The molecular weight excluding hydrogens is 562 g/mol. The molecule has 0 atom stereocenters. The SMILES string of the molecule is c1ccc(-c2ccc(-c3ccc4c(c3)n3c5ccccc5nc3n4-c3cc(-c4ccccc4)nc(-c4ccccc4)n3)cc2)cc1. The van der Waals surface area contributed by atoms with Crippen molar-refractivity contribution in [3.8, 4) is 50.7 Å². The Kier molecular flexibility index (Phi) is 6.06. The van der Waals surface area contributed by atoms with Crippen LogP contribution in [0.15, 0.2) is 164 Å². The quantitative estimate of drug-likeness (QED) is 0.201. The molecule has 46 heavy (non-hydrogen) atoms. The van der Waals surface area contributed by atoms with E-state index in [9.17, 15) is 0 Å². The Balaban J connectivity index is 1.28. The average molecular weight is 590 g/mol. The summed E-state index contributed by atoms with van der Waals surface area (Å²) in [7, 11) is 0. The number of hydrogen-bond donors (Lipinski definition) is 0. The molecule has 9 aromatic rings. The smallest absolute Gasteiger partial charge is 0.221 e. The van der Waals surface area contributed by atoms with Gasteiger partial charge in [-0.1, -0.05) is 133 Å². The highest BCUT2D eigenvalue weighted by molar-refractivity contribution is 5.94. The van der Waals surface area contributed by atoms with Gasteiger partial charge in [-0.05, 0) is 46.5 Å². The molecule has 0 aliphatic carbocycles. The zero-order chi connectivity index (χ0) is 30.5. The Hall–Kier alpha value is -6.33. The third-order valence-corrected chi connectivity index (χ3v) is 8.57. The minimum Gasteiger partial charge on any atom is -0.276 e. The van der Waals surface area contributed by atoms with Gasteiger partial charge < -0.3 is 0 Å². The number of para-hydroxylation sites is 2. The van der Waals surface area contributed by atoms with E-state index in [1.54, 1.807) is 0 Å². The molecule has 3 heterocycles. The molecule has 0 saturated carbocycles. The van der Waals surface area contributed by atoms with Crippen LogP contribution in [0, 0.1) is 0 Å². The Morgan fingerprint density at radius 1 is 0.370 bits per heavy atom. The van der Waals surface area contributed by atoms with Crippen LogP contribution in [0.2, 0.25) is 0 Å². The maximum atomic E-state index is 5.16. The molecule has 0 bridgehead atoms. The minimum absolute atomic E-state index is 0.670. The van der Waals surface area contributed by atoms with Gasteiger partial charge in [0.25, 0.3) is 0 Å². The summed E-state index contributed by atoms with van der Waals surface area (Å²) in [5.74, 6) is 2.25. The Labute approximate surface area is 265 Å². The van der Waals surface area contributed by atoms with E-state index in [1.807, 2.05) is 48.5 Å². The molecule has 0 amide bonds. The summed E-state index contributed by atoms with van der Waals surface area (Å²) in [6.45, 7) is 0. The summed E-state index contributed by atoms with van der Waals surface area (Å²) in [5.41, 5.74) is 11.6. The first-order valence-electron chi connectivity index (χ1n) is 15.4. The number of rotatable bonds is 5. The third kappa shape index (κ3) is 4.37. The van der Waals surface area contributed by atoms with Crippen LogP contribution in [-0.2, 0) is 0 Å². The van der Waals surface area contributed by atoms with Gasteiger partial charge in [0.1, 0.15) is 5.82 Å². The normalized spacial score (nSPS) is 11.5. The van der Waals surface area contributed by atoms with Crippen molar-refractivity contribution in [3.63, 3.8) is 0 Å². The van der Waals surface area contributed by atoms with Crippen LogP contribution in [0.3, 0.4) is 0 Å². The molecule has 0 fully saturated rings. The lowest BCUT2D eigenvalue weighted by Crippen LogP contribution is -2.03. The van der Waals surface area contributed by atoms with Crippen molar-refractivity contribution in [2.24, 2.45) is 0 Å². The van der Waals surface area contributed by atoms with Crippen LogP contribution >= 0.6 is 0 Å². The van der Waals surface area contributed by atoms with Gasteiger partial charge in [0.15, 0.2) is 5.82 Å². The lowest BCUT2D eigenvalue weighted by molar-refractivity contribution is 1.02. The van der Waals surface area contributed by atoms with Gasteiger partial charge in [-0.25, -0.2) is 15.0 Å². The van der Waals surface area contributed by atoms with E-state index in [1.165, 1.54) is 11.1 Å². The van der Waals surface area contributed by atoms with Crippen molar-refractivity contribution in [1.82, 2.24) is 23.9 Å². The molecule has 0 N–H and O–H groups in total. The fraction of sp³-hybridized carbons (Fsp3) is 0. The van der Waals surface area contributed by atoms with Crippen LogP contribution in [0.5, 0.6) is 0 Å². The fourth-order valence-electron chi connectivity index (χ4n) is 6.31. The summed E-state index contributed by atoms with van der Waals surface area (Å²) < 4.78 is 4.41. The first-order valence-corrected chi connectivity index (χ1v) is 15.4. The number of imidazole rings is 2. The lowest BCUT2D eigenvalue weighted by atomic mass is 10.00. The molecule has 0 aliphatic rings. The topological polar surface area (TPSA) is 48.0 Å². The maximum Gasteiger partial charge on any atom is 0.221 e.